The molecule has 1 aromatic rings. The maximum Gasteiger partial charge on any atom is 0.118 e. The van der Waals surface area contributed by atoms with Gasteiger partial charge in [0, 0.05) is 0 Å². The molecular weight excluding hydrogens is 569 g/mol. The molecule has 1 N–H and O–H groups in total. The highest BCUT2D eigenvalue weighted by molar-refractivity contribution is 5.31. The van der Waals surface area contributed by atoms with Gasteiger partial charge < -0.3 is 5.11 Å². The Morgan fingerprint density at radius 2 is 0.915 bits per heavy atom. The van der Waals surface area contributed by atoms with Crippen LogP contribution in [0.3, 0.4) is 0 Å². The molecule has 0 fully saturated rings. The van der Waals surface area contributed by atoms with Gasteiger partial charge in [0.15, 0.2) is 0 Å². The molecule has 0 amide bonds. The fourth-order valence-electron chi connectivity index (χ4n) is 6.11. The first-order chi connectivity index (χ1) is 22.5. The summed E-state index contributed by atoms with van der Waals surface area (Å²) in [7, 11) is 0. The van der Waals surface area contributed by atoms with Gasteiger partial charge in [-0.25, -0.2) is 0 Å². The lowest BCUT2D eigenvalue weighted by atomic mass is 9.95. The van der Waals surface area contributed by atoms with E-state index in [0.717, 1.165) is 30.7 Å². The molecule has 0 aliphatic carbocycles. The lowest BCUT2D eigenvalue weighted by Gasteiger charge is -2.11. The third kappa shape index (κ3) is 24.3. The van der Waals surface area contributed by atoms with Crippen molar-refractivity contribution in [1.82, 2.24) is 0 Å². The lowest BCUT2D eigenvalue weighted by Crippen LogP contribution is -1.97. The predicted molar refractivity (Wildman–Crippen MR) is 212 cm³/mol. The average molecular weight is 643 g/mol. The van der Waals surface area contributed by atoms with Crippen LogP contribution in [0.1, 0.15) is 171 Å². The minimum Gasteiger partial charge on any atom is -0.508 e. The van der Waals surface area contributed by atoms with Crippen molar-refractivity contribution < 1.29 is 5.11 Å². The van der Waals surface area contributed by atoms with Crippen LogP contribution in [0.2, 0.25) is 0 Å². The van der Waals surface area contributed by atoms with Gasteiger partial charge in [0.05, 0.1) is 0 Å². The van der Waals surface area contributed by atoms with Crippen LogP contribution in [-0.4, -0.2) is 5.11 Å². The lowest BCUT2D eigenvalue weighted by molar-refractivity contribution is 0.455. The second-order valence-corrected chi connectivity index (χ2v) is 15.1. The Kier molecular flexibility index (Phi) is 23.9. The van der Waals surface area contributed by atoms with Crippen LogP contribution in [0.15, 0.2) is 94.2 Å². The molecule has 1 heteroatoms. The van der Waals surface area contributed by atoms with E-state index in [1.165, 1.54) is 112 Å². The summed E-state index contributed by atoms with van der Waals surface area (Å²) in [4.78, 5) is 0. The Balaban J connectivity index is 2.15. The monoisotopic (exact) mass is 643 g/mol. The van der Waals surface area contributed by atoms with Crippen molar-refractivity contribution in [2.75, 3.05) is 0 Å². The number of aryl methyl sites for hydroxylation is 1. The summed E-state index contributed by atoms with van der Waals surface area (Å²) in [5.41, 5.74) is 10.2. The van der Waals surface area contributed by atoms with Crippen molar-refractivity contribution in [3.63, 3.8) is 0 Å². The third-order valence-electron chi connectivity index (χ3n) is 9.66. The van der Waals surface area contributed by atoms with E-state index >= 15 is 0 Å². The van der Waals surface area contributed by atoms with Gasteiger partial charge in [-0.3, -0.25) is 0 Å². The van der Waals surface area contributed by atoms with Crippen molar-refractivity contribution in [3.05, 3.63) is 99.7 Å². The molecule has 264 valence electrons. The molecule has 1 nitrogen and oxygen atoms in total. The Bertz CT molecular complexity index is 1160. The fraction of sp³-hybridized carbons (Fsp3) is 0.609. The van der Waals surface area contributed by atoms with Crippen LogP contribution in [-0.2, 0) is 6.42 Å². The summed E-state index contributed by atoms with van der Waals surface area (Å²) in [5.74, 6) is 1.92. The smallest absolute Gasteiger partial charge is 0.118 e. The number of allylic oxidation sites excluding steroid dienone is 12. The fourth-order valence-corrected chi connectivity index (χ4v) is 6.11. The first-order valence-electron chi connectivity index (χ1n) is 19.1. The van der Waals surface area contributed by atoms with Crippen molar-refractivity contribution in [2.24, 2.45) is 11.8 Å². The highest BCUT2D eigenvalue weighted by atomic mass is 16.3. The molecule has 1 rings (SSSR count). The summed E-state index contributed by atoms with van der Waals surface area (Å²) in [6.45, 7) is 20.6. The van der Waals surface area contributed by atoms with Crippen LogP contribution in [0, 0.1) is 11.8 Å². The van der Waals surface area contributed by atoms with Gasteiger partial charge in [-0.15, -0.1) is 0 Å². The number of rotatable bonds is 25. The van der Waals surface area contributed by atoms with Crippen LogP contribution >= 0.6 is 0 Å². The van der Waals surface area contributed by atoms with Crippen LogP contribution in [0.25, 0.3) is 0 Å². The van der Waals surface area contributed by atoms with Crippen LogP contribution < -0.4 is 0 Å². The molecule has 0 heterocycles. The normalized spacial score (nSPS) is 14.8. The number of hydrogen-bond donors (Lipinski definition) is 1. The Hall–Kier alpha value is -2.54. The number of phenolic OH excluding ortho intramolecular Hbond substituents is 1. The van der Waals surface area contributed by atoms with Gasteiger partial charge in [0.2, 0.25) is 0 Å². The molecule has 0 radical (unpaired) electrons. The van der Waals surface area contributed by atoms with Gasteiger partial charge in [-0.05, 0) is 175 Å². The molecule has 0 spiro atoms. The second kappa shape index (κ2) is 26.4. The molecule has 0 saturated carbocycles. The molecule has 47 heavy (non-hydrogen) atoms. The molecule has 2 atom stereocenters. The molecule has 0 aliphatic rings. The molecule has 2 unspecified atom stereocenters. The Labute approximate surface area is 293 Å². The van der Waals surface area contributed by atoms with Gasteiger partial charge in [0.1, 0.15) is 5.75 Å². The first-order valence-corrected chi connectivity index (χ1v) is 19.1. The molecule has 0 aromatic heterocycles. The summed E-state index contributed by atoms with van der Waals surface area (Å²) < 4.78 is 0. The predicted octanol–water partition coefficient (Wildman–Crippen LogP) is 15.1. The van der Waals surface area contributed by atoms with E-state index in [-0.39, 0.29) is 0 Å². The summed E-state index contributed by atoms with van der Waals surface area (Å²) in [6.07, 6.45) is 35.0. The standard InChI is InChI=1S/C46H74O/c1-37(2)19-12-20-38(3)21-13-22-39(4)23-14-24-40(5)25-15-26-41(6)27-16-28-42(7)29-17-30-43(8)31-18-32-44(9)35-36-45-33-10-11-34-46(45)47/h10-11,19,21,23,25,29,31,33-34,41,44,47H,12-18,20,22,24,26-28,30,32,35-36H2,1-9H3/b38-21+,39-23+,40-25+,42-29+,43-31+. The topological polar surface area (TPSA) is 20.2 Å². The highest BCUT2D eigenvalue weighted by Crippen LogP contribution is 2.22. The van der Waals surface area contributed by atoms with Gasteiger partial charge >= 0.3 is 0 Å². The second-order valence-electron chi connectivity index (χ2n) is 15.1. The maximum absolute atomic E-state index is 9.97. The van der Waals surface area contributed by atoms with E-state index in [1.807, 2.05) is 18.2 Å². The Morgan fingerprint density at radius 1 is 0.511 bits per heavy atom. The van der Waals surface area contributed by atoms with Crippen molar-refractivity contribution in [1.29, 1.82) is 0 Å². The number of aromatic hydroxyl groups is 1. The van der Waals surface area contributed by atoms with Crippen molar-refractivity contribution in [3.8, 4) is 5.75 Å². The van der Waals surface area contributed by atoms with E-state index in [9.17, 15) is 5.11 Å². The van der Waals surface area contributed by atoms with Gasteiger partial charge in [0.25, 0.3) is 0 Å². The van der Waals surface area contributed by atoms with E-state index < -0.39 is 0 Å². The largest absolute Gasteiger partial charge is 0.508 e. The summed E-state index contributed by atoms with van der Waals surface area (Å²) >= 11 is 0. The number of hydrogen-bond acceptors (Lipinski definition) is 1. The van der Waals surface area contributed by atoms with E-state index in [4.69, 9.17) is 0 Å². The molecule has 0 bridgehead atoms. The van der Waals surface area contributed by atoms with Crippen LogP contribution in [0.4, 0.5) is 0 Å². The zero-order valence-electron chi connectivity index (χ0n) is 32.4. The minimum absolute atomic E-state index is 0.437. The first kappa shape index (κ1) is 42.5. The molecule has 0 saturated heterocycles. The van der Waals surface area contributed by atoms with Gasteiger partial charge in [-0.1, -0.05) is 108 Å². The van der Waals surface area contributed by atoms with E-state index in [1.54, 1.807) is 17.2 Å². The average Bonchev–Trinajstić information content (AvgIpc) is 3.00. The van der Waals surface area contributed by atoms with Crippen molar-refractivity contribution in [2.45, 2.75) is 171 Å². The molecule has 1 aromatic carbocycles. The number of para-hydroxylation sites is 1. The van der Waals surface area contributed by atoms with E-state index in [2.05, 4.69) is 98.8 Å². The maximum atomic E-state index is 9.97. The quantitative estimate of drug-likeness (QED) is 0.105. The van der Waals surface area contributed by atoms with Crippen molar-refractivity contribution >= 4 is 0 Å². The van der Waals surface area contributed by atoms with Crippen LogP contribution in [0.5, 0.6) is 5.75 Å². The third-order valence-corrected chi connectivity index (χ3v) is 9.66. The zero-order chi connectivity index (χ0) is 34.9. The SMILES string of the molecule is CC(C)=CCC/C(C)=C/CC/C(C)=C/CC/C(C)=C/CCC(C)CCC/C(C)=C/CC/C(C)=C/CCC(C)CCc1ccccc1O. The molecular formula is C46H74O. The number of phenols is 1. The van der Waals surface area contributed by atoms with E-state index in [0.29, 0.717) is 11.7 Å². The highest BCUT2D eigenvalue weighted by Gasteiger charge is 2.06. The number of benzene rings is 1. The molecule has 0 aliphatic heterocycles. The van der Waals surface area contributed by atoms with Gasteiger partial charge in [-0.2, -0.15) is 0 Å². The minimum atomic E-state index is 0.437. The summed E-state index contributed by atoms with van der Waals surface area (Å²) in [5, 5.41) is 9.97. The zero-order valence-corrected chi connectivity index (χ0v) is 32.4. The summed E-state index contributed by atoms with van der Waals surface area (Å²) in [6, 6.07) is 7.74. The Morgan fingerprint density at radius 3 is 1.38 bits per heavy atom.